The number of nitriles is 1. The molecule has 1 aliphatic heterocycles. The van der Waals surface area contributed by atoms with Crippen LogP contribution in [0.5, 0.6) is 0 Å². The van der Waals surface area contributed by atoms with Crippen LogP contribution in [-0.2, 0) is 9.53 Å². The number of amides is 2. The van der Waals surface area contributed by atoms with E-state index in [4.69, 9.17) is 4.74 Å². The monoisotopic (exact) mass is 678 g/mol. The zero-order valence-corrected chi connectivity index (χ0v) is 26.3. The number of hydrogen-bond donors (Lipinski definition) is 0. The normalized spacial score (nSPS) is 27.4. The van der Waals surface area contributed by atoms with Crippen molar-refractivity contribution in [2.75, 3.05) is 6.54 Å². The number of nitrogens with zero attached hydrogens (tertiary/aromatic N) is 2. The van der Waals surface area contributed by atoms with E-state index in [0.29, 0.717) is 24.0 Å². The van der Waals surface area contributed by atoms with E-state index < -0.39 is 17.5 Å². The molecule has 1 unspecified atom stereocenters. The van der Waals surface area contributed by atoms with Gasteiger partial charge in [0.05, 0.1) is 11.6 Å². The Morgan fingerprint density at radius 3 is 2.49 bits per heavy atom. The summed E-state index contributed by atoms with van der Waals surface area (Å²) in [6, 6.07) is 16.5. The molecule has 1 heterocycles. The summed E-state index contributed by atoms with van der Waals surface area (Å²) in [5.74, 6) is -0.755. The first-order valence-corrected chi connectivity index (χ1v) is 15.5. The van der Waals surface area contributed by atoms with Crippen molar-refractivity contribution in [1.29, 1.82) is 5.26 Å². The number of carbonyl (C=O) groups excluding carboxylic acids is 3. The summed E-state index contributed by atoms with van der Waals surface area (Å²) in [7, 11) is 0. The first kappa shape index (κ1) is 29.5. The molecule has 0 radical (unpaired) electrons. The first-order chi connectivity index (χ1) is 19.6. The van der Waals surface area contributed by atoms with Crippen molar-refractivity contribution < 1.29 is 19.1 Å². The summed E-state index contributed by atoms with van der Waals surface area (Å²) >= 11 is 6.86. The summed E-state index contributed by atoms with van der Waals surface area (Å²) in [6.07, 6.45) is 6.53. The number of allylic oxidation sites excluding steroid dienone is 2. The smallest absolute Gasteiger partial charge is 0.338 e. The molecule has 41 heavy (non-hydrogen) atoms. The Morgan fingerprint density at radius 2 is 1.80 bits per heavy atom. The number of ether oxygens (including phenoxy) is 1. The molecule has 2 amide bonds. The van der Waals surface area contributed by atoms with Crippen LogP contribution in [0.4, 0.5) is 0 Å². The molecule has 3 aliphatic rings. The first-order valence-electron chi connectivity index (χ1n) is 14.0. The molecule has 5 atom stereocenters. The average molecular weight is 680 g/mol. The highest BCUT2D eigenvalue weighted by Gasteiger charge is 2.54. The fourth-order valence-electron chi connectivity index (χ4n) is 7.16. The van der Waals surface area contributed by atoms with Crippen LogP contribution in [-0.4, -0.2) is 35.3 Å². The van der Waals surface area contributed by atoms with Gasteiger partial charge in [-0.05, 0) is 92.3 Å². The van der Waals surface area contributed by atoms with Crippen LogP contribution in [0.1, 0.15) is 66.7 Å². The number of esters is 1. The average Bonchev–Trinajstić information content (AvgIpc) is 3.07. The highest BCUT2D eigenvalue weighted by molar-refractivity contribution is 9.10. The fourth-order valence-corrected chi connectivity index (χ4v) is 7.95. The van der Waals surface area contributed by atoms with Gasteiger partial charge in [-0.1, -0.05) is 62.1 Å². The molecule has 0 bridgehead atoms. The van der Waals surface area contributed by atoms with Crippen LogP contribution < -0.4 is 0 Å². The van der Waals surface area contributed by atoms with E-state index in [-0.39, 0.29) is 36.1 Å². The van der Waals surface area contributed by atoms with Crippen LogP contribution in [0.2, 0.25) is 0 Å². The summed E-state index contributed by atoms with van der Waals surface area (Å²) in [6.45, 7) is 4.49. The van der Waals surface area contributed by atoms with Gasteiger partial charge in [-0.2, -0.15) is 5.26 Å². The van der Waals surface area contributed by atoms with Crippen molar-refractivity contribution in [2.45, 2.75) is 52.1 Å². The number of benzene rings is 2. The number of carbonyl (C=O) groups is 3. The number of hydrogen-bond acceptors (Lipinski definition) is 5. The Morgan fingerprint density at radius 1 is 1.12 bits per heavy atom. The summed E-state index contributed by atoms with van der Waals surface area (Å²) < 4.78 is 7.83. The second-order valence-corrected chi connectivity index (χ2v) is 13.3. The molecule has 5 rings (SSSR count). The third kappa shape index (κ3) is 5.85. The Labute approximate surface area is 257 Å². The number of rotatable bonds is 5. The van der Waals surface area contributed by atoms with Crippen LogP contribution in [0, 0.1) is 34.5 Å². The fraction of sp³-hybridized carbons (Fsp3) is 0.394. The molecule has 6 nitrogen and oxygen atoms in total. The van der Waals surface area contributed by atoms with Crippen LogP contribution in [0.25, 0.3) is 0 Å². The molecule has 0 saturated heterocycles. The van der Waals surface area contributed by atoms with Crippen molar-refractivity contribution in [3.63, 3.8) is 0 Å². The van der Waals surface area contributed by atoms with E-state index in [1.807, 2.05) is 12.1 Å². The Kier molecular flexibility index (Phi) is 8.68. The summed E-state index contributed by atoms with van der Waals surface area (Å²) in [4.78, 5) is 41.7. The lowest BCUT2D eigenvalue weighted by atomic mass is 9.51. The standard InChI is InChI=1S/C33H32Br2N2O4/c1-20-16-28(41-32(40)22-7-4-9-25(35)18-22)30-27(26(20)10-5-14-36)12-11-23-19-29(38)37(15-13-33(23,30)2)31(39)21-6-3-8-24(34)17-21/h3-4,6-9,16-19,26-28,30H,5,10-13,15H2,1-2H3/t26-,27+,28?,30-,33+/m1/s1. The van der Waals surface area contributed by atoms with Gasteiger partial charge in [0.1, 0.15) is 6.10 Å². The second-order valence-electron chi connectivity index (χ2n) is 11.5. The minimum absolute atomic E-state index is 0.0975. The topological polar surface area (TPSA) is 87.5 Å². The van der Waals surface area contributed by atoms with Crippen molar-refractivity contribution in [3.05, 3.63) is 91.9 Å². The zero-order chi connectivity index (χ0) is 29.3. The summed E-state index contributed by atoms with van der Waals surface area (Å²) in [5, 5.41) is 9.37. The van der Waals surface area contributed by atoms with Gasteiger partial charge in [-0.15, -0.1) is 0 Å². The maximum absolute atomic E-state index is 13.5. The van der Waals surface area contributed by atoms with Gasteiger partial charge < -0.3 is 4.74 Å². The molecule has 0 N–H and O–H groups in total. The van der Waals surface area contributed by atoms with E-state index in [2.05, 4.69) is 57.9 Å². The molecule has 0 aromatic heterocycles. The SMILES string of the molecule is CC1=CC(OC(=O)c2cccc(Br)c2)[C@H]2[C@@H](CCC3=CC(=O)N(C(=O)c4cccc(Br)c4)CC[C@@]32C)[C@@H]1CCC#N. The number of halogens is 2. The Hall–Kier alpha value is -3.02. The van der Waals surface area contributed by atoms with Gasteiger partial charge >= 0.3 is 5.97 Å². The molecule has 2 aromatic rings. The third-order valence-corrected chi connectivity index (χ3v) is 10.2. The van der Waals surface area contributed by atoms with E-state index in [1.165, 1.54) is 4.90 Å². The van der Waals surface area contributed by atoms with Crippen molar-refractivity contribution in [3.8, 4) is 6.07 Å². The molecular formula is C33H32Br2N2O4. The molecule has 0 spiro atoms. The summed E-state index contributed by atoms with van der Waals surface area (Å²) in [5.41, 5.74) is 2.58. The lowest BCUT2D eigenvalue weighted by Gasteiger charge is -2.54. The molecular weight excluding hydrogens is 648 g/mol. The van der Waals surface area contributed by atoms with Gasteiger partial charge in [-0.25, -0.2) is 4.79 Å². The van der Waals surface area contributed by atoms with Crippen molar-refractivity contribution in [1.82, 2.24) is 4.90 Å². The number of fused-ring (bicyclic) bond motifs is 3. The highest BCUT2D eigenvalue weighted by atomic mass is 79.9. The molecule has 1 fully saturated rings. The Balaban J connectivity index is 1.50. The van der Waals surface area contributed by atoms with E-state index in [9.17, 15) is 19.6 Å². The lowest BCUT2D eigenvalue weighted by Crippen LogP contribution is -2.51. The maximum atomic E-state index is 13.5. The molecule has 212 valence electrons. The molecule has 2 aliphatic carbocycles. The van der Waals surface area contributed by atoms with Crippen molar-refractivity contribution >= 4 is 49.6 Å². The third-order valence-electron chi connectivity index (χ3n) is 9.17. The number of imide groups is 1. The van der Waals surface area contributed by atoms with Gasteiger partial charge in [-0.3, -0.25) is 14.5 Å². The van der Waals surface area contributed by atoms with Crippen LogP contribution in [0.3, 0.4) is 0 Å². The van der Waals surface area contributed by atoms with E-state index >= 15 is 0 Å². The lowest BCUT2D eigenvalue weighted by molar-refractivity contribution is -0.123. The van der Waals surface area contributed by atoms with Gasteiger partial charge in [0.25, 0.3) is 11.8 Å². The molecule has 8 heteroatoms. The largest absolute Gasteiger partial charge is 0.454 e. The van der Waals surface area contributed by atoms with E-state index in [1.54, 1.807) is 42.5 Å². The van der Waals surface area contributed by atoms with Gasteiger partial charge in [0.2, 0.25) is 0 Å². The van der Waals surface area contributed by atoms with Gasteiger partial charge in [0, 0.05) is 39.5 Å². The van der Waals surface area contributed by atoms with E-state index in [0.717, 1.165) is 39.4 Å². The predicted molar refractivity (Wildman–Crippen MR) is 163 cm³/mol. The zero-order valence-electron chi connectivity index (χ0n) is 23.1. The second kappa shape index (κ2) is 12.1. The minimum Gasteiger partial charge on any atom is -0.454 e. The van der Waals surface area contributed by atoms with Gasteiger partial charge in [0.15, 0.2) is 0 Å². The maximum Gasteiger partial charge on any atom is 0.338 e. The van der Waals surface area contributed by atoms with Crippen molar-refractivity contribution in [2.24, 2.45) is 23.2 Å². The molecule has 2 aromatic carbocycles. The quantitative estimate of drug-likeness (QED) is 0.184. The van der Waals surface area contributed by atoms with Crippen LogP contribution >= 0.6 is 31.9 Å². The minimum atomic E-state index is -0.499. The predicted octanol–water partition coefficient (Wildman–Crippen LogP) is 7.65. The highest BCUT2D eigenvalue weighted by Crippen LogP contribution is 2.58. The molecule has 1 saturated carbocycles. The Bertz CT molecular complexity index is 1490. The van der Waals surface area contributed by atoms with Crippen LogP contribution in [0.15, 0.2) is 80.8 Å².